The zero-order valence-electron chi connectivity index (χ0n) is 9.51. The molecule has 15 heavy (non-hydrogen) atoms. The van der Waals surface area contributed by atoms with Gasteiger partial charge in [-0.2, -0.15) is 0 Å². The monoisotopic (exact) mass is 225 g/mol. The smallest absolute Gasteiger partial charge is 0.114 e. The lowest BCUT2D eigenvalue weighted by Crippen LogP contribution is -2.18. The van der Waals surface area contributed by atoms with Crippen molar-refractivity contribution < 1.29 is 4.42 Å². The highest BCUT2D eigenvalue weighted by Crippen LogP contribution is 2.24. The Kier molecular flexibility index (Phi) is 5.58. The maximum Gasteiger partial charge on any atom is 0.114 e. The molecular formula is C12H19NOS. The molecule has 1 rings (SSSR count). The molecule has 0 aromatic carbocycles. The minimum atomic E-state index is 0.914. The molecule has 0 aliphatic rings. The van der Waals surface area contributed by atoms with Crippen molar-refractivity contribution >= 4 is 11.8 Å². The van der Waals surface area contributed by atoms with Crippen molar-refractivity contribution in [1.82, 2.24) is 5.32 Å². The molecule has 0 aliphatic carbocycles. The molecule has 3 heteroatoms. The van der Waals surface area contributed by atoms with Crippen LogP contribution in [0.2, 0.25) is 0 Å². The molecule has 0 atom stereocenters. The van der Waals surface area contributed by atoms with Crippen LogP contribution in [0.5, 0.6) is 0 Å². The van der Waals surface area contributed by atoms with E-state index in [4.69, 9.17) is 4.42 Å². The normalized spacial score (nSPS) is 10.5. The summed E-state index contributed by atoms with van der Waals surface area (Å²) < 4.78 is 5.23. The first-order chi connectivity index (χ1) is 7.24. The van der Waals surface area contributed by atoms with Gasteiger partial charge in [-0.05, 0) is 26.0 Å². The number of hydrogen-bond donors (Lipinski definition) is 1. The van der Waals surface area contributed by atoms with Gasteiger partial charge in [-0.3, -0.25) is 0 Å². The van der Waals surface area contributed by atoms with Gasteiger partial charge in [0.15, 0.2) is 0 Å². The van der Waals surface area contributed by atoms with E-state index in [9.17, 15) is 0 Å². The van der Waals surface area contributed by atoms with Gasteiger partial charge in [0.05, 0.1) is 6.26 Å². The molecule has 0 unspecified atom stereocenters. The zero-order valence-corrected chi connectivity index (χ0v) is 10.3. The van der Waals surface area contributed by atoms with Crippen LogP contribution < -0.4 is 5.32 Å². The molecule has 0 spiro atoms. The van der Waals surface area contributed by atoms with E-state index >= 15 is 0 Å². The van der Waals surface area contributed by atoms with Gasteiger partial charge in [0.1, 0.15) is 5.76 Å². The lowest BCUT2D eigenvalue weighted by atomic mass is 10.3. The predicted molar refractivity (Wildman–Crippen MR) is 66.5 cm³/mol. The zero-order chi connectivity index (χ0) is 11.1. The fourth-order valence-electron chi connectivity index (χ4n) is 1.20. The molecule has 1 heterocycles. The number of hydrogen-bond acceptors (Lipinski definition) is 3. The van der Waals surface area contributed by atoms with E-state index in [1.807, 2.05) is 13.0 Å². The highest BCUT2D eigenvalue weighted by atomic mass is 32.2. The summed E-state index contributed by atoms with van der Waals surface area (Å²) in [5.74, 6) is 1.95. The number of thioether (sulfide) groups is 1. The Labute approximate surface area is 96.1 Å². The van der Waals surface area contributed by atoms with Gasteiger partial charge in [0.25, 0.3) is 0 Å². The summed E-state index contributed by atoms with van der Waals surface area (Å²) in [6, 6.07) is 2.01. The van der Waals surface area contributed by atoms with Gasteiger partial charge in [-0.15, -0.1) is 11.8 Å². The minimum Gasteiger partial charge on any atom is -0.468 e. The van der Waals surface area contributed by atoms with Crippen LogP contribution in [0.25, 0.3) is 0 Å². The summed E-state index contributed by atoms with van der Waals surface area (Å²) in [6.45, 7) is 10.2. The highest BCUT2D eigenvalue weighted by molar-refractivity contribution is 7.99. The number of furan rings is 1. The molecule has 0 saturated carbocycles. The standard InChI is InChI=1S/C12H19NOS/c1-4-6-13-8-10(2)9-15-12-5-7-14-11(12)3/h5,7,13H,2,4,6,8-9H2,1,3H3. The summed E-state index contributed by atoms with van der Waals surface area (Å²) >= 11 is 1.79. The van der Waals surface area contributed by atoms with Crippen LogP contribution in [-0.4, -0.2) is 18.8 Å². The lowest BCUT2D eigenvalue weighted by molar-refractivity contribution is 0.527. The van der Waals surface area contributed by atoms with Gasteiger partial charge < -0.3 is 9.73 Å². The third-order valence-electron chi connectivity index (χ3n) is 2.04. The third kappa shape index (κ3) is 4.58. The maximum atomic E-state index is 5.23. The summed E-state index contributed by atoms with van der Waals surface area (Å²) in [4.78, 5) is 1.21. The number of aryl methyl sites for hydroxylation is 1. The second kappa shape index (κ2) is 6.75. The van der Waals surface area contributed by atoms with Crippen LogP contribution >= 0.6 is 11.8 Å². The Bertz CT molecular complexity index is 306. The van der Waals surface area contributed by atoms with Crippen LogP contribution in [0.1, 0.15) is 19.1 Å². The molecule has 0 radical (unpaired) electrons. The summed E-state index contributed by atoms with van der Waals surface area (Å²) in [6.07, 6.45) is 2.90. The maximum absolute atomic E-state index is 5.23. The van der Waals surface area contributed by atoms with Crippen LogP contribution in [0, 0.1) is 6.92 Å². The van der Waals surface area contributed by atoms with E-state index in [-0.39, 0.29) is 0 Å². The van der Waals surface area contributed by atoms with Gasteiger partial charge in [-0.25, -0.2) is 0 Å². The Morgan fingerprint density at radius 2 is 2.40 bits per heavy atom. The largest absolute Gasteiger partial charge is 0.468 e. The molecule has 0 amide bonds. The van der Waals surface area contributed by atoms with E-state index in [1.165, 1.54) is 16.9 Å². The van der Waals surface area contributed by atoms with Crippen molar-refractivity contribution in [1.29, 1.82) is 0 Å². The third-order valence-corrected chi connectivity index (χ3v) is 3.33. The van der Waals surface area contributed by atoms with E-state index in [0.717, 1.165) is 24.6 Å². The molecule has 0 bridgehead atoms. The first-order valence-electron chi connectivity index (χ1n) is 5.28. The number of nitrogens with one attached hydrogen (secondary N) is 1. The molecule has 0 aliphatic heterocycles. The summed E-state index contributed by atoms with van der Waals surface area (Å²) in [7, 11) is 0. The van der Waals surface area contributed by atoms with Gasteiger partial charge in [0.2, 0.25) is 0 Å². The van der Waals surface area contributed by atoms with Crippen LogP contribution in [0.15, 0.2) is 33.8 Å². The van der Waals surface area contributed by atoms with E-state index in [0.29, 0.717) is 0 Å². The van der Waals surface area contributed by atoms with Gasteiger partial charge >= 0.3 is 0 Å². The van der Waals surface area contributed by atoms with Crippen LogP contribution in [-0.2, 0) is 0 Å². The van der Waals surface area contributed by atoms with E-state index in [2.05, 4.69) is 18.8 Å². The Hall–Kier alpha value is -0.670. The molecule has 1 aromatic rings. The first kappa shape index (κ1) is 12.4. The van der Waals surface area contributed by atoms with Crippen molar-refractivity contribution in [3.05, 3.63) is 30.2 Å². The average molecular weight is 225 g/mol. The van der Waals surface area contributed by atoms with Gasteiger partial charge in [-0.1, -0.05) is 19.1 Å². The predicted octanol–water partition coefficient (Wildman–Crippen LogP) is 3.24. The molecule has 84 valence electrons. The Balaban J connectivity index is 2.20. The molecule has 1 N–H and O–H groups in total. The SMILES string of the molecule is C=C(CNCCC)CSc1ccoc1C. The van der Waals surface area contributed by atoms with Gasteiger partial charge in [0, 0.05) is 17.2 Å². The molecule has 0 fully saturated rings. The highest BCUT2D eigenvalue weighted by Gasteiger charge is 2.02. The second-order valence-electron chi connectivity index (χ2n) is 3.56. The molecule has 0 saturated heterocycles. The molecule has 2 nitrogen and oxygen atoms in total. The van der Waals surface area contributed by atoms with Crippen molar-refractivity contribution in [3.8, 4) is 0 Å². The average Bonchev–Trinajstić information content (AvgIpc) is 2.61. The quantitative estimate of drug-likeness (QED) is 0.438. The summed E-state index contributed by atoms with van der Waals surface area (Å²) in [5.41, 5.74) is 1.23. The van der Waals surface area contributed by atoms with Crippen LogP contribution in [0.4, 0.5) is 0 Å². The Morgan fingerprint density at radius 1 is 1.60 bits per heavy atom. The van der Waals surface area contributed by atoms with Crippen molar-refractivity contribution in [2.75, 3.05) is 18.8 Å². The second-order valence-corrected chi connectivity index (χ2v) is 4.57. The Morgan fingerprint density at radius 3 is 3.00 bits per heavy atom. The van der Waals surface area contributed by atoms with Crippen molar-refractivity contribution in [2.24, 2.45) is 0 Å². The van der Waals surface area contributed by atoms with Crippen molar-refractivity contribution in [3.63, 3.8) is 0 Å². The first-order valence-corrected chi connectivity index (χ1v) is 6.27. The number of rotatable bonds is 7. The topological polar surface area (TPSA) is 25.2 Å². The molecular weight excluding hydrogens is 206 g/mol. The lowest BCUT2D eigenvalue weighted by Gasteiger charge is -2.06. The fraction of sp³-hybridized carbons (Fsp3) is 0.500. The van der Waals surface area contributed by atoms with Crippen molar-refractivity contribution in [2.45, 2.75) is 25.2 Å². The molecule has 1 aromatic heterocycles. The van der Waals surface area contributed by atoms with E-state index < -0.39 is 0 Å². The fourth-order valence-corrected chi connectivity index (χ4v) is 2.06. The van der Waals surface area contributed by atoms with E-state index in [1.54, 1.807) is 18.0 Å². The van der Waals surface area contributed by atoms with Crippen LogP contribution in [0.3, 0.4) is 0 Å². The summed E-state index contributed by atoms with van der Waals surface area (Å²) in [5, 5.41) is 3.34. The minimum absolute atomic E-state index is 0.914.